The maximum atomic E-state index is 13.1. The first-order valence-electron chi connectivity index (χ1n) is 13.4. The van der Waals surface area contributed by atoms with Gasteiger partial charge in [-0.1, -0.05) is 23.2 Å². The Morgan fingerprint density at radius 2 is 1.19 bits per heavy atom. The summed E-state index contributed by atoms with van der Waals surface area (Å²) in [6, 6.07) is 3.61. The molecule has 0 aliphatic carbocycles. The molecule has 0 saturated heterocycles. The summed E-state index contributed by atoms with van der Waals surface area (Å²) in [5, 5.41) is 0.920. The molecule has 2 aromatic heterocycles. The Hall–Kier alpha value is -3.06. The number of fused-ring (bicyclic) bond motifs is 6. The molecule has 7 rings (SSSR count). The van der Waals surface area contributed by atoms with Gasteiger partial charge in [-0.2, -0.15) is 0 Å². The lowest BCUT2D eigenvalue weighted by Gasteiger charge is -2.22. The third-order valence-electron chi connectivity index (χ3n) is 7.74. The first kappa shape index (κ1) is 27.8. The summed E-state index contributed by atoms with van der Waals surface area (Å²) < 4.78 is 20.7. The largest absolute Gasteiger partial charge is 0.451 e. The van der Waals surface area contributed by atoms with Gasteiger partial charge in [0.1, 0.15) is 32.1 Å². The Morgan fingerprint density at radius 3 is 1.76 bits per heavy atom. The van der Waals surface area contributed by atoms with Crippen LogP contribution in [0, 0.1) is 0 Å². The zero-order chi connectivity index (χ0) is 29.8. The van der Waals surface area contributed by atoms with E-state index >= 15 is 0 Å². The zero-order valence-electron chi connectivity index (χ0n) is 22.8. The van der Waals surface area contributed by atoms with Crippen molar-refractivity contribution in [3.63, 3.8) is 0 Å². The number of aromatic nitrogens is 4. The molecule has 0 bridgehead atoms. The molecule has 5 aromatic rings. The molecule has 0 spiro atoms. The number of ether oxygens (including phenoxy) is 2. The van der Waals surface area contributed by atoms with E-state index in [0.29, 0.717) is 79.9 Å². The first-order chi connectivity index (χ1) is 20.2. The fourth-order valence-corrected chi connectivity index (χ4v) is 7.73. The van der Waals surface area contributed by atoms with Crippen LogP contribution in [0.25, 0.3) is 22.1 Å². The maximum absolute atomic E-state index is 13.1. The SMILES string of the molecule is CCn1c(=O)n(CC)c2c(Br)c3c(cc21)Oc1c(Cl)c2c(c(Cl)c1=N3)Oc1c(cc3c(c1Br)n(CC)c(=O)n3CC)N=2. The lowest BCUT2D eigenvalue weighted by Crippen LogP contribution is -2.23. The second kappa shape index (κ2) is 9.73. The molecule has 0 amide bonds. The molecule has 42 heavy (non-hydrogen) atoms. The van der Waals surface area contributed by atoms with Gasteiger partial charge in [0.25, 0.3) is 0 Å². The smallest absolute Gasteiger partial charge is 0.329 e. The van der Waals surface area contributed by atoms with E-state index in [2.05, 4.69) is 31.9 Å². The highest BCUT2D eigenvalue weighted by Gasteiger charge is 2.31. The Labute approximate surface area is 264 Å². The van der Waals surface area contributed by atoms with Gasteiger partial charge in [-0.25, -0.2) is 19.6 Å². The van der Waals surface area contributed by atoms with E-state index in [1.54, 1.807) is 24.3 Å². The highest BCUT2D eigenvalue weighted by Crippen LogP contribution is 2.49. The molecule has 0 radical (unpaired) electrons. The summed E-state index contributed by atoms with van der Waals surface area (Å²) >= 11 is 21.2. The van der Waals surface area contributed by atoms with Gasteiger partial charge in [0.15, 0.2) is 23.0 Å². The quantitative estimate of drug-likeness (QED) is 0.196. The van der Waals surface area contributed by atoms with Gasteiger partial charge in [0.05, 0.1) is 31.0 Å². The molecular formula is C28H22Br2Cl2N6O4. The van der Waals surface area contributed by atoms with Crippen LogP contribution in [0.15, 0.2) is 40.7 Å². The molecule has 14 heteroatoms. The summed E-state index contributed by atoms with van der Waals surface area (Å²) in [7, 11) is 0. The van der Waals surface area contributed by atoms with Gasteiger partial charge in [0.2, 0.25) is 0 Å². The highest BCUT2D eigenvalue weighted by molar-refractivity contribution is 9.11. The van der Waals surface area contributed by atoms with Crippen LogP contribution in [0.3, 0.4) is 0 Å². The first-order valence-corrected chi connectivity index (χ1v) is 15.8. The van der Waals surface area contributed by atoms with Crippen LogP contribution in [-0.2, 0) is 26.2 Å². The molecule has 10 nitrogen and oxygen atoms in total. The van der Waals surface area contributed by atoms with Crippen molar-refractivity contribution in [1.82, 2.24) is 18.3 Å². The van der Waals surface area contributed by atoms with Crippen LogP contribution in [-0.4, -0.2) is 18.3 Å². The maximum Gasteiger partial charge on any atom is 0.329 e. The van der Waals surface area contributed by atoms with E-state index in [0.717, 1.165) is 5.52 Å². The molecule has 0 unspecified atom stereocenters. The predicted octanol–water partition coefficient (Wildman–Crippen LogP) is 6.94. The van der Waals surface area contributed by atoms with Crippen molar-refractivity contribution in [2.75, 3.05) is 0 Å². The molecule has 216 valence electrons. The average molecular weight is 737 g/mol. The number of rotatable bonds is 4. The summed E-state index contributed by atoms with van der Waals surface area (Å²) in [5.74, 6) is 1.29. The molecule has 2 aliphatic rings. The Bertz CT molecular complexity index is 2300. The highest BCUT2D eigenvalue weighted by atomic mass is 79.9. The van der Waals surface area contributed by atoms with Gasteiger partial charge < -0.3 is 9.47 Å². The number of aryl methyl sites for hydroxylation is 4. The van der Waals surface area contributed by atoms with Crippen molar-refractivity contribution in [1.29, 1.82) is 0 Å². The van der Waals surface area contributed by atoms with E-state index < -0.39 is 0 Å². The molecule has 2 aliphatic heterocycles. The van der Waals surface area contributed by atoms with Crippen LogP contribution >= 0.6 is 55.1 Å². The van der Waals surface area contributed by atoms with E-state index in [9.17, 15) is 9.59 Å². The van der Waals surface area contributed by atoms with Crippen molar-refractivity contribution >= 4 is 88.5 Å². The van der Waals surface area contributed by atoms with Gasteiger partial charge >= 0.3 is 11.4 Å². The van der Waals surface area contributed by atoms with E-state index in [1.165, 1.54) is 0 Å². The van der Waals surface area contributed by atoms with E-state index in [1.807, 2.05) is 33.8 Å². The normalized spacial score (nSPS) is 13.1. The third-order valence-corrected chi connectivity index (χ3v) is 9.93. The third kappa shape index (κ3) is 3.49. The van der Waals surface area contributed by atoms with Crippen LogP contribution in [0.5, 0.6) is 23.0 Å². The number of halogens is 4. The molecule has 0 N–H and O–H groups in total. The van der Waals surface area contributed by atoms with Crippen molar-refractivity contribution < 1.29 is 9.47 Å². The number of hydrogen-bond donors (Lipinski definition) is 0. The van der Waals surface area contributed by atoms with Crippen LogP contribution in [0.1, 0.15) is 27.7 Å². The van der Waals surface area contributed by atoms with Crippen LogP contribution in [0.2, 0.25) is 10.0 Å². The van der Waals surface area contributed by atoms with Crippen molar-refractivity contribution in [2.45, 2.75) is 53.9 Å². The summed E-state index contributed by atoms with van der Waals surface area (Å²) in [5.41, 5.74) is 3.59. The monoisotopic (exact) mass is 734 g/mol. The van der Waals surface area contributed by atoms with Gasteiger partial charge in [-0.3, -0.25) is 18.3 Å². The van der Waals surface area contributed by atoms with Gasteiger partial charge in [-0.05, 0) is 65.6 Å². The summed E-state index contributed by atoms with van der Waals surface area (Å²) in [4.78, 5) is 35.8. The van der Waals surface area contributed by atoms with Crippen molar-refractivity contribution in [2.24, 2.45) is 9.98 Å². The molecule has 0 atom stereocenters. The fraction of sp³-hybridized carbons (Fsp3) is 0.286. The second-order valence-electron chi connectivity index (χ2n) is 9.76. The fourth-order valence-electron chi connectivity index (χ4n) is 5.82. The number of benzene rings is 3. The van der Waals surface area contributed by atoms with Crippen LogP contribution < -0.4 is 31.6 Å². The van der Waals surface area contributed by atoms with Crippen molar-refractivity contribution in [3.05, 3.63) is 62.8 Å². The molecule has 4 heterocycles. The minimum absolute atomic E-state index is 0.116. The van der Waals surface area contributed by atoms with E-state index in [-0.39, 0.29) is 38.3 Å². The van der Waals surface area contributed by atoms with E-state index in [4.69, 9.17) is 42.7 Å². The summed E-state index contributed by atoms with van der Waals surface area (Å²) in [6.45, 7) is 9.63. The standard InChI is InChI=1S/C28H22Br2Cl2N6O4/c1-5-35-12-9-11-24(16(30)23(12)38(8-4)27(35)39)42-26-18(32)21-25(17(31)20(26)33-11)41-14-10-13-22(15(29)19(14)34-21)37(7-3)28(40)36(13)6-2/h9-10H,5-8H2,1-4H3. The predicted molar refractivity (Wildman–Crippen MR) is 169 cm³/mol. The molecular weight excluding hydrogens is 715 g/mol. The molecule has 3 aromatic carbocycles. The lowest BCUT2D eigenvalue weighted by atomic mass is 10.2. The molecule has 0 saturated carbocycles. The average Bonchev–Trinajstić information content (AvgIpc) is 3.42. The van der Waals surface area contributed by atoms with Crippen LogP contribution in [0.4, 0.5) is 11.4 Å². The summed E-state index contributed by atoms with van der Waals surface area (Å²) in [6.07, 6.45) is 0. The van der Waals surface area contributed by atoms with Crippen molar-refractivity contribution in [3.8, 4) is 23.0 Å². The van der Waals surface area contributed by atoms with Gasteiger partial charge in [0, 0.05) is 32.2 Å². The number of imidazole rings is 2. The Kier molecular flexibility index (Phi) is 6.43. The minimum Gasteiger partial charge on any atom is -0.451 e. The second-order valence-corrected chi connectivity index (χ2v) is 12.1. The zero-order valence-corrected chi connectivity index (χ0v) is 27.5. The van der Waals surface area contributed by atoms with Gasteiger partial charge in [-0.15, -0.1) is 0 Å². The number of nitrogens with zero attached hydrogens (tertiary/aromatic N) is 6. The lowest BCUT2D eigenvalue weighted by molar-refractivity contribution is 0.450. The molecule has 0 fully saturated rings. The Morgan fingerprint density at radius 1 is 0.690 bits per heavy atom. The topological polar surface area (TPSA) is 97.0 Å². The Balaban J connectivity index is 1.51. The minimum atomic E-state index is -0.116. The number of hydrogen-bond acceptors (Lipinski definition) is 6.